The lowest BCUT2D eigenvalue weighted by Gasteiger charge is -2.33. The molecule has 37 heavy (non-hydrogen) atoms. The predicted molar refractivity (Wildman–Crippen MR) is 137 cm³/mol. The number of benzene rings is 2. The molecule has 0 bridgehead atoms. The van der Waals surface area contributed by atoms with Crippen molar-refractivity contribution in [3.05, 3.63) is 75.5 Å². The minimum absolute atomic E-state index is 0.0532. The first kappa shape index (κ1) is 24.5. The normalized spacial score (nSPS) is 15.7. The van der Waals surface area contributed by atoms with E-state index in [2.05, 4.69) is 11.8 Å². The number of ether oxygens (including phenoxy) is 2. The molecule has 0 N–H and O–H groups in total. The van der Waals surface area contributed by atoms with E-state index in [9.17, 15) is 14.9 Å². The Morgan fingerprint density at radius 2 is 1.78 bits per heavy atom. The van der Waals surface area contributed by atoms with Crippen molar-refractivity contribution in [3.8, 4) is 17.4 Å². The molecule has 2 aromatic carbocycles. The average Bonchev–Trinajstić information content (AvgIpc) is 2.93. The lowest BCUT2D eigenvalue weighted by Crippen LogP contribution is -2.38. The molecule has 1 fully saturated rings. The first-order valence-electron chi connectivity index (χ1n) is 12.4. The molecule has 10 nitrogen and oxygen atoms in total. The van der Waals surface area contributed by atoms with Gasteiger partial charge in [-0.05, 0) is 43.0 Å². The molecule has 10 heteroatoms. The second kappa shape index (κ2) is 10.4. The summed E-state index contributed by atoms with van der Waals surface area (Å²) in [6.45, 7) is 4.81. The van der Waals surface area contributed by atoms with Gasteiger partial charge < -0.3 is 19.3 Å². The van der Waals surface area contributed by atoms with E-state index in [4.69, 9.17) is 19.4 Å². The molecule has 3 heterocycles. The summed E-state index contributed by atoms with van der Waals surface area (Å²) in [5.41, 5.74) is 1.97. The number of fused-ring (bicyclic) bond motifs is 1. The fourth-order valence-electron chi connectivity index (χ4n) is 4.66. The molecule has 2 aliphatic rings. The Balaban J connectivity index is 1.45. The van der Waals surface area contributed by atoms with Gasteiger partial charge in [0.2, 0.25) is 11.8 Å². The summed E-state index contributed by atoms with van der Waals surface area (Å²) in [7, 11) is 1.60. The van der Waals surface area contributed by atoms with Crippen molar-refractivity contribution in [3.63, 3.8) is 0 Å². The molecule has 1 saturated heterocycles. The standard InChI is InChI=1S/C27H29N5O5/c1-18-10-13-30(14-11-18)27-28-24-12-15-31(26(33)19-6-8-20(9-7-19)32(34)35)17-23(24)25(29-27)37-22-5-3-4-21(16-22)36-2/h3-9,16,18H,10-15,17H2,1-2H3. The third kappa shape index (κ3) is 5.32. The van der Waals surface area contributed by atoms with Crippen molar-refractivity contribution >= 4 is 17.5 Å². The third-order valence-corrected chi connectivity index (χ3v) is 6.94. The molecule has 0 aliphatic carbocycles. The third-order valence-electron chi connectivity index (χ3n) is 6.94. The Morgan fingerprint density at radius 3 is 2.49 bits per heavy atom. The number of hydrogen-bond donors (Lipinski definition) is 0. The van der Waals surface area contributed by atoms with Gasteiger partial charge in [-0.2, -0.15) is 4.98 Å². The summed E-state index contributed by atoms with van der Waals surface area (Å²) < 4.78 is 11.6. The fraction of sp³-hybridized carbons (Fsp3) is 0.370. The number of carbonyl (C=O) groups is 1. The van der Waals surface area contributed by atoms with Gasteiger partial charge in [0.15, 0.2) is 0 Å². The van der Waals surface area contributed by atoms with Crippen LogP contribution in [-0.2, 0) is 13.0 Å². The molecule has 0 saturated carbocycles. The first-order chi connectivity index (χ1) is 17.9. The zero-order valence-electron chi connectivity index (χ0n) is 20.9. The van der Waals surface area contributed by atoms with Crippen LogP contribution in [0.5, 0.6) is 17.4 Å². The number of piperidine rings is 1. The number of aromatic nitrogens is 2. The number of nitro benzene ring substituents is 1. The van der Waals surface area contributed by atoms with Crippen LogP contribution in [0.4, 0.5) is 11.6 Å². The number of carbonyl (C=O) groups excluding carboxylic acids is 1. The van der Waals surface area contributed by atoms with Crippen LogP contribution in [-0.4, -0.2) is 52.4 Å². The van der Waals surface area contributed by atoms with E-state index in [1.807, 2.05) is 18.2 Å². The molecular formula is C27H29N5O5. The molecular weight excluding hydrogens is 474 g/mol. The summed E-state index contributed by atoms with van der Waals surface area (Å²) in [6.07, 6.45) is 2.73. The molecule has 0 spiro atoms. The fourth-order valence-corrected chi connectivity index (χ4v) is 4.66. The van der Waals surface area contributed by atoms with Gasteiger partial charge in [0.05, 0.1) is 29.8 Å². The SMILES string of the molecule is COc1cccc(Oc2nc(N3CCC(C)CC3)nc3c2CN(C(=O)c2ccc([N+](=O)[O-])cc2)CC3)c1. The van der Waals surface area contributed by atoms with Crippen LogP contribution in [0.2, 0.25) is 0 Å². The highest BCUT2D eigenvalue weighted by atomic mass is 16.6. The van der Waals surface area contributed by atoms with Crippen LogP contribution in [0.1, 0.15) is 41.4 Å². The number of nitrogens with zero attached hydrogens (tertiary/aromatic N) is 5. The summed E-state index contributed by atoms with van der Waals surface area (Å²) in [4.78, 5) is 37.4. The zero-order chi connectivity index (χ0) is 25.9. The molecule has 5 rings (SSSR count). The number of nitro groups is 1. The maximum atomic E-state index is 13.2. The molecule has 2 aliphatic heterocycles. The lowest BCUT2D eigenvalue weighted by atomic mass is 9.99. The van der Waals surface area contributed by atoms with Crippen molar-refractivity contribution in [2.24, 2.45) is 5.92 Å². The van der Waals surface area contributed by atoms with Gasteiger partial charge in [-0.3, -0.25) is 14.9 Å². The van der Waals surface area contributed by atoms with E-state index in [0.717, 1.165) is 37.2 Å². The van der Waals surface area contributed by atoms with E-state index in [1.165, 1.54) is 24.3 Å². The Bertz CT molecular complexity index is 1310. The number of amides is 1. The predicted octanol–water partition coefficient (Wildman–Crippen LogP) is 4.62. The number of rotatable bonds is 6. The van der Waals surface area contributed by atoms with Crippen molar-refractivity contribution in [2.75, 3.05) is 31.6 Å². The topological polar surface area (TPSA) is 111 Å². The highest BCUT2D eigenvalue weighted by Crippen LogP contribution is 2.34. The maximum Gasteiger partial charge on any atom is 0.269 e. The van der Waals surface area contributed by atoms with Crippen molar-refractivity contribution in [1.29, 1.82) is 0 Å². The van der Waals surface area contributed by atoms with Crippen LogP contribution < -0.4 is 14.4 Å². The lowest BCUT2D eigenvalue weighted by molar-refractivity contribution is -0.384. The first-order valence-corrected chi connectivity index (χ1v) is 12.4. The van der Waals surface area contributed by atoms with Crippen LogP contribution in [0.15, 0.2) is 48.5 Å². The van der Waals surface area contributed by atoms with Gasteiger partial charge in [-0.15, -0.1) is 0 Å². The Kier molecular flexibility index (Phi) is 6.89. The Labute approximate surface area is 215 Å². The van der Waals surface area contributed by atoms with E-state index in [1.54, 1.807) is 18.1 Å². The number of anilines is 1. The minimum atomic E-state index is -0.481. The summed E-state index contributed by atoms with van der Waals surface area (Å²) in [5.74, 6) is 2.80. The summed E-state index contributed by atoms with van der Waals surface area (Å²) in [6, 6.07) is 13.0. The monoisotopic (exact) mass is 503 g/mol. The van der Waals surface area contributed by atoms with Gasteiger partial charge in [-0.1, -0.05) is 13.0 Å². The highest BCUT2D eigenvalue weighted by molar-refractivity contribution is 5.94. The zero-order valence-corrected chi connectivity index (χ0v) is 20.9. The van der Waals surface area contributed by atoms with Gasteiger partial charge in [-0.25, -0.2) is 4.98 Å². The number of hydrogen-bond acceptors (Lipinski definition) is 8. The summed E-state index contributed by atoms with van der Waals surface area (Å²) >= 11 is 0. The molecule has 0 unspecified atom stereocenters. The molecule has 1 aromatic heterocycles. The Morgan fingerprint density at radius 1 is 1.05 bits per heavy atom. The molecule has 0 atom stereocenters. The molecule has 0 radical (unpaired) electrons. The number of non-ortho nitro benzene ring substituents is 1. The van der Waals surface area contributed by atoms with E-state index in [-0.39, 0.29) is 18.1 Å². The molecule has 192 valence electrons. The smallest absolute Gasteiger partial charge is 0.269 e. The van der Waals surface area contributed by atoms with Gasteiger partial charge in [0, 0.05) is 49.8 Å². The minimum Gasteiger partial charge on any atom is -0.497 e. The average molecular weight is 504 g/mol. The van der Waals surface area contributed by atoms with E-state index >= 15 is 0 Å². The largest absolute Gasteiger partial charge is 0.497 e. The second-order valence-electron chi connectivity index (χ2n) is 9.49. The molecule has 3 aromatic rings. The maximum absolute atomic E-state index is 13.2. The molecule has 1 amide bonds. The van der Waals surface area contributed by atoms with Crippen LogP contribution in [0.25, 0.3) is 0 Å². The highest BCUT2D eigenvalue weighted by Gasteiger charge is 2.29. The van der Waals surface area contributed by atoms with Crippen LogP contribution in [0, 0.1) is 16.0 Å². The second-order valence-corrected chi connectivity index (χ2v) is 9.49. The van der Waals surface area contributed by atoms with E-state index < -0.39 is 4.92 Å². The Hall–Kier alpha value is -4.21. The van der Waals surface area contributed by atoms with Gasteiger partial charge >= 0.3 is 0 Å². The van der Waals surface area contributed by atoms with Crippen LogP contribution >= 0.6 is 0 Å². The quantitative estimate of drug-likeness (QED) is 0.354. The van der Waals surface area contributed by atoms with E-state index in [0.29, 0.717) is 47.8 Å². The van der Waals surface area contributed by atoms with Crippen molar-refractivity contribution in [2.45, 2.75) is 32.7 Å². The summed E-state index contributed by atoms with van der Waals surface area (Å²) in [5, 5.41) is 11.0. The van der Waals surface area contributed by atoms with Crippen molar-refractivity contribution < 1.29 is 19.2 Å². The van der Waals surface area contributed by atoms with Crippen molar-refractivity contribution in [1.82, 2.24) is 14.9 Å². The van der Waals surface area contributed by atoms with Crippen LogP contribution in [0.3, 0.4) is 0 Å². The number of methoxy groups -OCH3 is 1. The van der Waals surface area contributed by atoms with Gasteiger partial charge in [0.25, 0.3) is 11.6 Å². The van der Waals surface area contributed by atoms with Gasteiger partial charge in [0.1, 0.15) is 11.5 Å².